The molecule has 5 nitrogen and oxygen atoms in total. The van der Waals surface area contributed by atoms with Gasteiger partial charge in [-0.05, 0) is 6.07 Å². The highest BCUT2D eigenvalue weighted by atomic mass is 35.5. The Hall–Kier alpha value is -1.46. The van der Waals surface area contributed by atoms with Crippen LogP contribution in [0.4, 0.5) is 11.4 Å². The number of halogens is 2. The Bertz CT molecular complexity index is 489. The van der Waals surface area contributed by atoms with E-state index in [-0.39, 0.29) is 33.1 Å². The van der Waals surface area contributed by atoms with Crippen LogP contribution in [0.2, 0.25) is 10.0 Å². The number of phenolic OH excluding ortho intramolecular Hbond substituents is 1. The first-order chi connectivity index (χ1) is 7.82. The van der Waals surface area contributed by atoms with Gasteiger partial charge in [0.15, 0.2) is 5.75 Å². The lowest BCUT2D eigenvalue weighted by Crippen LogP contribution is -2.10. The SMILES string of the molecule is CC(=O)Nc1cc(Cl)c(Cl)c(NC(C)=O)c1O. The highest BCUT2D eigenvalue weighted by molar-refractivity contribution is 6.44. The molecule has 0 saturated carbocycles. The van der Waals surface area contributed by atoms with Crippen molar-refractivity contribution in [2.45, 2.75) is 13.8 Å². The first kappa shape index (κ1) is 13.6. The fourth-order valence-corrected chi connectivity index (χ4v) is 1.59. The Morgan fingerprint density at radius 2 is 1.71 bits per heavy atom. The zero-order valence-corrected chi connectivity index (χ0v) is 10.6. The molecule has 0 aliphatic carbocycles. The van der Waals surface area contributed by atoms with Crippen LogP contribution in [0.1, 0.15) is 13.8 Å². The van der Waals surface area contributed by atoms with E-state index >= 15 is 0 Å². The monoisotopic (exact) mass is 276 g/mol. The van der Waals surface area contributed by atoms with Crippen LogP contribution in [0.25, 0.3) is 0 Å². The number of hydrogen-bond acceptors (Lipinski definition) is 3. The van der Waals surface area contributed by atoms with Crippen LogP contribution in [0.5, 0.6) is 5.75 Å². The molecular weight excluding hydrogens is 267 g/mol. The number of nitrogens with one attached hydrogen (secondary N) is 2. The van der Waals surface area contributed by atoms with Crippen molar-refractivity contribution in [2.75, 3.05) is 10.6 Å². The van der Waals surface area contributed by atoms with E-state index in [0.29, 0.717) is 0 Å². The Balaban J connectivity index is 3.31. The molecule has 92 valence electrons. The van der Waals surface area contributed by atoms with Crippen molar-refractivity contribution in [1.29, 1.82) is 0 Å². The standard InChI is InChI=1S/C10H10Cl2N2O3/c1-4(15)13-7-3-6(11)8(12)9(10(7)17)14-5(2)16/h3,17H,1-2H3,(H,13,15)(H,14,16). The number of rotatable bonds is 2. The molecule has 0 spiro atoms. The molecule has 1 aromatic rings. The average Bonchev–Trinajstić information content (AvgIpc) is 2.20. The van der Waals surface area contributed by atoms with Gasteiger partial charge in [0.1, 0.15) is 5.69 Å². The maximum atomic E-state index is 11.0. The average molecular weight is 277 g/mol. The van der Waals surface area contributed by atoms with Crippen molar-refractivity contribution in [3.05, 3.63) is 16.1 Å². The second-order valence-electron chi connectivity index (χ2n) is 3.31. The third kappa shape index (κ3) is 3.25. The highest BCUT2D eigenvalue weighted by Gasteiger charge is 2.17. The van der Waals surface area contributed by atoms with Crippen molar-refractivity contribution >= 4 is 46.4 Å². The van der Waals surface area contributed by atoms with Gasteiger partial charge >= 0.3 is 0 Å². The fourth-order valence-electron chi connectivity index (χ4n) is 1.19. The summed E-state index contributed by atoms with van der Waals surface area (Å²) in [6.07, 6.45) is 0. The smallest absolute Gasteiger partial charge is 0.221 e. The van der Waals surface area contributed by atoms with Crippen LogP contribution >= 0.6 is 23.2 Å². The molecular formula is C10H10Cl2N2O3. The highest BCUT2D eigenvalue weighted by Crippen LogP contribution is 2.42. The zero-order chi connectivity index (χ0) is 13.2. The maximum absolute atomic E-state index is 11.0. The van der Waals surface area contributed by atoms with Gasteiger partial charge in [-0.1, -0.05) is 23.2 Å². The molecule has 0 saturated heterocycles. The number of aromatic hydroxyl groups is 1. The Morgan fingerprint density at radius 3 is 2.18 bits per heavy atom. The molecule has 3 N–H and O–H groups in total. The van der Waals surface area contributed by atoms with E-state index in [0.717, 1.165) is 0 Å². The van der Waals surface area contributed by atoms with Crippen molar-refractivity contribution in [1.82, 2.24) is 0 Å². The van der Waals surface area contributed by atoms with E-state index in [4.69, 9.17) is 23.2 Å². The van der Waals surface area contributed by atoms with E-state index < -0.39 is 5.91 Å². The summed E-state index contributed by atoms with van der Waals surface area (Å²) in [6.45, 7) is 2.54. The van der Waals surface area contributed by atoms with Gasteiger partial charge in [-0.15, -0.1) is 0 Å². The summed E-state index contributed by atoms with van der Waals surface area (Å²) >= 11 is 11.6. The third-order valence-electron chi connectivity index (χ3n) is 1.80. The summed E-state index contributed by atoms with van der Waals surface area (Å²) in [6, 6.07) is 1.30. The molecule has 0 aliphatic rings. The van der Waals surface area contributed by atoms with Crippen LogP contribution in [0.15, 0.2) is 6.07 Å². The fraction of sp³-hybridized carbons (Fsp3) is 0.200. The topological polar surface area (TPSA) is 78.4 Å². The molecule has 1 aromatic carbocycles. The van der Waals surface area contributed by atoms with Gasteiger partial charge in [0.25, 0.3) is 0 Å². The van der Waals surface area contributed by atoms with E-state index in [2.05, 4.69) is 10.6 Å². The minimum Gasteiger partial charge on any atom is -0.504 e. The first-order valence-corrected chi connectivity index (χ1v) is 5.34. The van der Waals surface area contributed by atoms with Crippen molar-refractivity contribution in [3.8, 4) is 5.75 Å². The number of anilines is 2. The van der Waals surface area contributed by atoms with Gasteiger partial charge in [-0.2, -0.15) is 0 Å². The Labute approximate surface area is 108 Å². The summed E-state index contributed by atoms with van der Waals surface area (Å²) in [7, 11) is 0. The van der Waals surface area contributed by atoms with E-state index in [9.17, 15) is 14.7 Å². The largest absolute Gasteiger partial charge is 0.504 e. The van der Waals surface area contributed by atoms with E-state index in [1.54, 1.807) is 0 Å². The van der Waals surface area contributed by atoms with Gasteiger partial charge in [0.05, 0.1) is 15.7 Å². The number of carbonyl (C=O) groups excluding carboxylic acids is 2. The zero-order valence-electron chi connectivity index (χ0n) is 9.10. The summed E-state index contributed by atoms with van der Waals surface area (Å²) in [4.78, 5) is 21.9. The predicted octanol–water partition coefficient (Wildman–Crippen LogP) is 2.62. The Kier molecular flexibility index (Phi) is 4.20. The lowest BCUT2D eigenvalue weighted by Gasteiger charge is -2.13. The second kappa shape index (κ2) is 5.25. The van der Waals surface area contributed by atoms with Gasteiger partial charge in [0.2, 0.25) is 11.8 Å². The number of benzene rings is 1. The minimum atomic E-state index is -0.418. The maximum Gasteiger partial charge on any atom is 0.221 e. The summed E-state index contributed by atoms with van der Waals surface area (Å²) in [5.74, 6) is -1.14. The molecule has 0 bridgehead atoms. The summed E-state index contributed by atoms with van der Waals surface area (Å²) in [5, 5.41) is 14.6. The van der Waals surface area contributed by atoms with Gasteiger partial charge in [-0.25, -0.2) is 0 Å². The van der Waals surface area contributed by atoms with Crippen LogP contribution in [0, 0.1) is 0 Å². The lowest BCUT2D eigenvalue weighted by atomic mass is 10.2. The van der Waals surface area contributed by atoms with Gasteiger partial charge < -0.3 is 15.7 Å². The second-order valence-corrected chi connectivity index (χ2v) is 4.09. The molecule has 2 amide bonds. The number of amides is 2. The molecule has 1 rings (SSSR count). The minimum absolute atomic E-state index is 0.00784. The van der Waals surface area contributed by atoms with Crippen LogP contribution in [-0.4, -0.2) is 16.9 Å². The van der Waals surface area contributed by atoms with Crippen molar-refractivity contribution in [3.63, 3.8) is 0 Å². The molecule has 0 heterocycles. The molecule has 0 aromatic heterocycles. The van der Waals surface area contributed by atoms with E-state index in [1.165, 1.54) is 19.9 Å². The molecule has 0 atom stereocenters. The summed E-state index contributed by atoms with van der Waals surface area (Å²) in [5.41, 5.74) is 0.0473. The van der Waals surface area contributed by atoms with Crippen molar-refractivity contribution in [2.24, 2.45) is 0 Å². The molecule has 0 unspecified atom stereocenters. The number of carbonyl (C=O) groups is 2. The number of hydrogen-bond donors (Lipinski definition) is 3. The molecule has 0 radical (unpaired) electrons. The Morgan fingerprint density at radius 1 is 1.18 bits per heavy atom. The first-order valence-electron chi connectivity index (χ1n) is 4.59. The van der Waals surface area contributed by atoms with Crippen LogP contribution in [0.3, 0.4) is 0 Å². The lowest BCUT2D eigenvalue weighted by molar-refractivity contribution is -0.115. The quantitative estimate of drug-likeness (QED) is 0.727. The summed E-state index contributed by atoms with van der Waals surface area (Å²) < 4.78 is 0. The molecule has 7 heteroatoms. The third-order valence-corrected chi connectivity index (χ3v) is 2.59. The van der Waals surface area contributed by atoms with Crippen molar-refractivity contribution < 1.29 is 14.7 Å². The predicted molar refractivity (Wildman–Crippen MR) is 66.7 cm³/mol. The molecule has 0 fully saturated rings. The van der Waals surface area contributed by atoms with Crippen LogP contribution < -0.4 is 10.6 Å². The molecule has 17 heavy (non-hydrogen) atoms. The van der Waals surface area contributed by atoms with Gasteiger partial charge in [0, 0.05) is 13.8 Å². The van der Waals surface area contributed by atoms with E-state index in [1.807, 2.05) is 0 Å². The normalized spacial score (nSPS) is 9.88. The number of phenols is 1. The van der Waals surface area contributed by atoms with Crippen LogP contribution in [-0.2, 0) is 9.59 Å². The molecule has 0 aliphatic heterocycles. The van der Waals surface area contributed by atoms with Gasteiger partial charge in [-0.3, -0.25) is 9.59 Å².